The molecule has 0 saturated carbocycles. The predicted molar refractivity (Wildman–Crippen MR) is 108 cm³/mol. The minimum atomic E-state index is -3.72. The van der Waals surface area contributed by atoms with E-state index >= 15 is 0 Å². The van der Waals surface area contributed by atoms with E-state index in [1.807, 2.05) is 6.92 Å². The molecule has 0 radical (unpaired) electrons. The highest BCUT2D eigenvalue weighted by molar-refractivity contribution is 7.89. The Morgan fingerprint density at radius 2 is 1.85 bits per heavy atom. The van der Waals surface area contributed by atoms with Crippen LogP contribution in [0.15, 0.2) is 23.1 Å². The van der Waals surface area contributed by atoms with Gasteiger partial charge in [-0.3, -0.25) is 4.79 Å². The van der Waals surface area contributed by atoms with E-state index in [0.717, 1.165) is 25.7 Å². The molecule has 2 N–H and O–H groups in total. The number of nitrogens with zero attached hydrogens (tertiary/aromatic N) is 2. The van der Waals surface area contributed by atoms with Crippen molar-refractivity contribution in [1.82, 2.24) is 9.21 Å². The molecule has 0 aromatic heterocycles. The van der Waals surface area contributed by atoms with E-state index in [2.05, 4.69) is 0 Å². The average molecular weight is 420 g/mol. The lowest BCUT2D eigenvalue weighted by molar-refractivity contribution is 0.0748. The van der Waals surface area contributed by atoms with Crippen molar-refractivity contribution in [2.75, 3.05) is 33.8 Å². The van der Waals surface area contributed by atoms with Crippen LogP contribution in [0, 0.1) is 0 Å². The number of ether oxygens (including phenoxy) is 1. The maximum Gasteiger partial charge on any atom is 0.253 e. The third-order valence-corrected chi connectivity index (χ3v) is 6.84. The maximum atomic E-state index is 13.2. The second-order valence-corrected chi connectivity index (χ2v) is 8.59. The Labute approximate surface area is 168 Å². The molecule has 27 heavy (non-hydrogen) atoms. The monoisotopic (exact) mass is 419 g/mol. The van der Waals surface area contributed by atoms with E-state index in [0.29, 0.717) is 25.2 Å². The number of halogens is 1. The molecule has 1 heterocycles. The maximum absolute atomic E-state index is 13.2. The van der Waals surface area contributed by atoms with Gasteiger partial charge in [0.15, 0.2) is 0 Å². The molecule has 1 atom stereocenters. The van der Waals surface area contributed by atoms with E-state index < -0.39 is 10.0 Å². The molecule has 1 fully saturated rings. The second kappa shape index (κ2) is 10.3. The molecule has 7 nitrogen and oxygen atoms in total. The average Bonchev–Trinajstić information content (AvgIpc) is 2.95. The lowest BCUT2D eigenvalue weighted by Crippen LogP contribution is -2.39. The third-order valence-electron chi connectivity index (χ3n) is 4.92. The molecule has 0 aliphatic carbocycles. The van der Waals surface area contributed by atoms with Crippen molar-refractivity contribution in [3.05, 3.63) is 23.8 Å². The van der Waals surface area contributed by atoms with Crippen LogP contribution >= 0.6 is 12.4 Å². The zero-order chi connectivity index (χ0) is 19.3. The smallest absolute Gasteiger partial charge is 0.253 e. The van der Waals surface area contributed by atoms with Gasteiger partial charge in [-0.1, -0.05) is 12.8 Å². The van der Waals surface area contributed by atoms with Crippen LogP contribution in [0.3, 0.4) is 0 Å². The molecule has 1 aromatic rings. The van der Waals surface area contributed by atoms with Crippen molar-refractivity contribution < 1.29 is 17.9 Å². The van der Waals surface area contributed by atoms with E-state index in [-0.39, 0.29) is 35.0 Å². The van der Waals surface area contributed by atoms with Crippen LogP contribution in [0.4, 0.5) is 0 Å². The summed E-state index contributed by atoms with van der Waals surface area (Å²) in [6.07, 6.45) is 3.75. The molecule has 1 aliphatic heterocycles. The van der Waals surface area contributed by atoms with Gasteiger partial charge in [-0.2, -0.15) is 4.31 Å². The number of carbonyl (C=O) groups excluding carboxylic acids is 1. The molecule has 1 unspecified atom stereocenters. The quantitative estimate of drug-likeness (QED) is 0.762. The minimum absolute atomic E-state index is 0. The molecule has 2 rings (SSSR count). The SMILES string of the molecule is COc1ccc(C(=O)N(C)C(C)CN)cc1S(=O)(=O)N1CCCCCC1.Cl. The molecule has 1 saturated heterocycles. The van der Waals surface area contributed by atoms with Crippen LogP contribution in [0.25, 0.3) is 0 Å². The second-order valence-electron chi connectivity index (χ2n) is 6.68. The number of amides is 1. The summed E-state index contributed by atoms with van der Waals surface area (Å²) in [7, 11) is -0.632. The van der Waals surface area contributed by atoms with Gasteiger partial charge in [0, 0.05) is 38.3 Å². The van der Waals surface area contributed by atoms with Crippen LogP contribution in [-0.2, 0) is 10.0 Å². The number of carbonyl (C=O) groups is 1. The van der Waals surface area contributed by atoms with Crippen LogP contribution in [0.5, 0.6) is 5.75 Å². The highest BCUT2D eigenvalue weighted by Crippen LogP contribution is 2.29. The minimum Gasteiger partial charge on any atom is -0.495 e. The summed E-state index contributed by atoms with van der Waals surface area (Å²) in [4.78, 5) is 14.2. The Kier molecular flexibility index (Phi) is 9.01. The number of methoxy groups -OCH3 is 1. The molecular formula is C18H30ClN3O4S. The zero-order valence-corrected chi connectivity index (χ0v) is 17.8. The fraction of sp³-hybridized carbons (Fsp3) is 0.611. The lowest BCUT2D eigenvalue weighted by Gasteiger charge is -2.25. The lowest BCUT2D eigenvalue weighted by atomic mass is 10.1. The standard InChI is InChI=1S/C18H29N3O4S.ClH/c1-14(13-19)20(2)18(22)15-8-9-16(25-3)17(12-15)26(23,24)21-10-6-4-5-7-11-21;/h8-9,12,14H,4-7,10-11,13,19H2,1-3H3;1H. The number of benzene rings is 1. The number of likely N-dealkylation sites (N-methyl/N-ethyl adjacent to an activating group) is 1. The number of hydrogen-bond donors (Lipinski definition) is 1. The van der Waals surface area contributed by atoms with Crippen molar-refractivity contribution in [2.24, 2.45) is 5.73 Å². The summed E-state index contributed by atoms with van der Waals surface area (Å²) in [5, 5.41) is 0. The fourth-order valence-electron chi connectivity index (χ4n) is 2.99. The Hall–Kier alpha value is -1.35. The van der Waals surface area contributed by atoms with Crippen LogP contribution < -0.4 is 10.5 Å². The first-order valence-electron chi connectivity index (χ1n) is 8.98. The number of sulfonamides is 1. The molecule has 9 heteroatoms. The van der Waals surface area contributed by atoms with E-state index in [9.17, 15) is 13.2 Å². The summed E-state index contributed by atoms with van der Waals surface area (Å²) in [5.41, 5.74) is 5.94. The Bertz CT molecular complexity index is 734. The number of nitrogens with two attached hydrogens (primary N) is 1. The summed E-state index contributed by atoms with van der Waals surface area (Å²) in [6.45, 7) is 3.16. The zero-order valence-electron chi connectivity index (χ0n) is 16.2. The highest BCUT2D eigenvalue weighted by Gasteiger charge is 2.29. The van der Waals surface area contributed by atoms with Crippen molar-refractivity contribution in [3.63, 3.8) is 0 Å². The first-order valence-corrected chi connectivity index (χ1v) is 10.4. The molecule has 0 spiro atoms. The number of rotatable bonds is 6. The Morgan fingerprint density at radius 1 is 1.26 bits per heavy atom. The molecule has 1 aromatic carbocycles. The first kappa shape index (κ1) is 23.7. The van der Waals surface area contributed by atoms with Gasteiger partial charge < -0.3 is 15.4 Å². The van der Waals surface area contributed by atoms with Gasteiger partial charge in [0.05, 0.1) is 7.11 Å². The van der Waals surface area contributed by atoms with Gasteiger partial charge in [0.2, 0.25) is 10.0 Å². The van der Waals surface area contributed by atoms with Crippen LogP contribution in [0.1, 0.15) is 43.0 Å². The fourth-order valence-corrected chi connectivity index (χ4v) is 4.69. The summed E-state index contributed by atoms with van der Waals surface area (Å²) >= 11 is 0. The van der Waals surface area contributed by atoms with E-state index in [1.165, 1.54) is 22.4 Å². The summed E-state index contributed by atoms with van der Waals surface area (Å²) in [5.74, 6) is -0.0155. The summed E-state index contributed by atoms with van der Waals surface area (Å²) < 4.78 is 33.1. The third kappa shape index (κ3) is 5.34. The van der Waals surface area contributed by atoms with Crippen molar-refractivity contribution in [2.45, 2.75) is 43.5 Å². The van der Waals surface area contributed by atoms with Crippen molar-refractivity contribution in [3.8, 4) is 5.75 Å². The molecule has 1 amide bonds. The van der Waals surface area contributed by atoms with Gasteiger partial charge in [-0.05, 0) is 38.0 Å². The molecule has 154 valence electrons. The van der Waals surface area contributed by atoms with Crippen molar-refractivity contribution >= 4 is 28.3 Å². The molecule has 0 bridgehead atoms. The van der Waals surface area contributed by atoms with Crippen molar-refractivity contribution in [1.29, 1.82) is 0 Å². The van der Waals surface area contributed by atoms with Gasteiger partial charge in [0.1, 0.15) is 10.6 Å². The van der Waals surface area contributed by atoms with Gasteiger partial charge in [-0.15, -0.1) is 12.4 Å². The molecule has 1 aliphatic rings. The Balaban J connectivity index is 0.00000364. The number of hydrogen-bond acceptors (Lipinski definition) is 5. The predicted octanol–water partition coefficient (Wildman–Crippen LogP) is 2.10. The van der Waals surface area contributed by atoms with Gasteiger partial charge in [0.25, 0.3) is 5.91 Å². The normalized spacial score (nSPS) is 16.7. The first-order chi connectivity index (χ1) is 12.3. The Morgan fingerprint density at radius 3 is 2.37 bits per heavy atom. The van der Waals surface area contributed by atoms with Crippen LogP contribution in [0.2, 0.25) is 0 Å². The molecular weight excluding hydrogens is 390 g/mol. The van der Waals surface area contributed by atoms with E-state index in [1.54, 1.807) is 19.2 Å². The highest BCUT2D eigenvalue weighted by atomic mass is 35.5. The topological polar surface area (TPSA) is 92.9 Å². The largest absolute Gasteiger partial charge is 0.495 e. The van der Waals surface area contributed by atoms with Gasteiger partial charge >= 0.3 is 0 Å². The van der Waals surface area contributed by atoms with Crippen LogP contribution in [-0.4, -0.2) is 63.4 Å². The van der Waals surface area contributed by atoms with Gasteiger partial charge in [-0.25, -0.2) is 8.42 Å². The van der Waals surface area contributed by atoms with E-state index in [4.69, 9.17) is 10.5 Å². The summed E-state index contributed by atoms with van der Waals surface area (Å²) in [6, 6.07) is 4.40.